The second kappa shape index (κ2) is 6.79. The van der Waals surface area contributed by atoms with E-state index in [1.165, 1.54) is 0 Å². The number of benzene rings is 1. The molecule has 0 aromatic heterocycles. The zero-order valence-corrected chi connectivity index (χ0v) is 11.0. The van der Waals surface area contributed by atoms with Crippen molar-refractivity contribution in [3.63, 3.8) is 0 Å². The van der Waals surface area contributed by atoms with Crippen molar-refractivity contribution in [1.82, 2.24) is 5.32 Å². The fourth-order valence-corrected chi connectivity index (χ4v) is 1.46. The Morgan fingerprint density at radius 1 is 1.17 bits per heavy atom. The molecule has 1 aromatic rings. The minimum absolute atomic E-state index is 0.0350. The molecule has 1 aromatic carbocycles. The summed E-state index contributed by atoms with van der Waals surface area (Å²) in [5.74, 6) is -0.668. The van der Waals surface area contributed by atoms with E-state index in [9.17, 15) is 9.59 Å². The normalized spacial score (nSPS) is 12.0. The van der Waals surface area contributed by atoms with Crippen molar-refractivity contribution >= 4 is 11.9 Å². The molecular formula is C14H19NO3. The highest BCUT2D eigenvalue weighted by atomic mass is 16.5. The van der Waals surface area contributed by atoms with Gasteiger partial charge in [-0.25, -0.2) is 0 Å². The van der Waals surface area contributed by atoms with Crippen LogP contribution in [0.4, 0.5) is 0 Å². The van der Waals surface area contributed by atoms with Gasteiger partial charge in [0.1, 0.15) is 0 Å². The molecule has 0 radical (unpaired) electrons. The number of amides is 1. The van der Waals surface area contributed by atoms with Crippen molar-refractivity contribution in [2.45, 2.75) is 39.3 Å². The van der Waals surface area contributed by atoms with E-state index in [0.29, 0.717) is 0 Å². The molecule has 0 fully saturated rings. The van der Waals surface area contributed by atoms with Crippen LogP contribution >= 0.6 is 0 Å². The molecule has 98 valence electrons. The molecule has 0 heterocycles. The number of ether oxygens (including phenoxy) is 1. The van der Waals surface area contributed by atoms with Crippen LogP contribution in [0.3, 0.4) is 0 Å². The first-order valence-corrected chi connectivity index (χ1v) is 6.03. The van der Waals surface area contributed by atoms with E-state index in [-0.39, 0.29) is 18.4 Å². The van der Waals surface area contributed by atoms with E-state index in [1.807, 2.05) is 44.2 Å². The van der Waals surface area contributed by atoms with Crippen molar-refractivity contribution in [3.05, 3.63) is 35.9 Å². The third-order valence-electron chi connectivity index (χ3n) is 2.30. The maximum absolute atomic E-state index is 11.6. The average molecular weight is 249 g/mol. The van der Waals surface area contributed by atoms with Gasteiger partial charge in [-0.05, 0) is 26.3 Å². The van der Waals surface area contributed by atoms with Gasteiger partial charge in [0.15, 0.2) is 6.10 Å². The Morgan fingerprint density at radius 3 is 2.33 bits per heavy atom. The number of nitrogens with one attached hydrogen (secondary N) is 1. The SMILES string of the molecule is CC(C)NC(=O)C(C)OC(=O)Cc1ccccc1. The first-order chi connectivity index (χ1) is 8.49. The number of rotatable bonds is 5. The molecule has 1 rings (SSSR count). The second-order valence-corrected chi connectivity index (χ2v) is 4.46. The van der Waals surface area contributed by atoms with Crippen LogP contribution in [0.25, 0.3) is 0 Å². The topological polar surface area (TPSA) is 55.4 Å². The molecule has 4 heteroatoms. The van der Waals surface area contributed by atoms with Crippen molar-refractivity contribution in [2.24, 2.45) is 0 Å². The largest absolute Gasteiger partial charge is 0.452 e. The maximum atomic E-state index is 11.6. The predicted octanol–water partition coefficient (Wildman–Crippen LogP) is 1.69. The summed E-state index contributed by atoms with van der Waals surface area (Å²) < 4.78 is 5.07. The highest BCUT2D eigenvalue weighted by Gasteiger charge is 2.18. The fourth-order valence-electron chi connectivity index (χ4n) is 1.46. The molecule has 4 nitrogen and oxygen atoms in total. The van der Waals surface area contributed by atoms with Gasteiger partial charge >= 0.3 is 5.97 Å². The van der Waals surface area contributed by atoms with Gasteiger partial charge in [0.05, 0.1) is 6.42 Å². The summed E-state index contributed by atoms with van der Waals surface area (Å²) in [4.78, 5) is 23.2. The molecule has 0 bridgehead atoms. The first kappa shape index (κ1) is 14.2. The Balaban J connectivity index is 2.43. The molecule has 0 saturated carbocycles. The van der Waals surface area contributed by atoms with Crippen LogP contribution in [0.2, 0.25) is 0 Å². The van der Waals surface area contributed by atoms with Crippen LogP contribution in [-0.4, -0.2) is 24.0 Å². The number of hydrogen-bond acceptors (Lipinski definition) is 3. The van der Waals surface area contributed by atoms with Gasteiger partial charge in [0.2, 0.25) is 0 Å². The van der Waals surface area contributed by atoms with Gasteiger partial charge in [-0.2, -0.15) is 0 Å². The standard InChI is InChI=1S/C14H19NO3/c1-10(2)15-14(17)11(3)18-13(16)9-12-7-5-4-6-8-12/h4-8,10-11H,9H2,1-3H3,(H,15,17). The summed E-state index contributed by atoms with van der Waals surface area (Å²) in [5.41, 5.74) is 0.874. The number of carbonyl (C=O) groups excluding carboxylic acids is 2. The second-order valence-electron chi connectivity index (χ2n) is 4.46. The van der Waals surface area contributed by atoms with E-state index in [2.05, 4.69) is 5.32 Å². The summed E-state index contributed by atoms with van der Waals surface area (Å²) in [7, 11) is 0. The Morgan fingerprint density at radius 2 is 1.78 bits per heavy atom. The van der Waals surface area contributed by atoms with Crippen LogP contribution in [0.1, 0.15) is 26.3 Å². The Hall–Kier alpha value is -1.84. The van der Waals surface area contributed by atoms with E-state index < -0.39 is 12.1 Å². The van der Waals surface area contributed by atoms with Crippen LogP contribution < -0.4 is 5.32 Å². The van der Waals surface area contributed by atoms with Gasteiger partial charge in [-0.1, -0.05) is 30.3 Å². The summed E-state index contributed by atoms with van der Waals surface area (Å²) in [6.45, 7) is 5.29. The summed E-state index contributed by atoms with van der Waals surface area (Å²) in [6.07, 6.45) is -0.580. The van der Waals surface area contributed by atoms with E-state index >= 15 is 0 Å². The monoisotopic (exact) mass is 249 g/mol. The Bertz CT molecular complexity index is 401. The van der Waals surface area contributed by atoms with Gasteiger partial charge in [-0.3, -0.25) is 9.59 Å². The number of esters is 1. The van der Waals surface area contributed by atoms with Crippen molar-refractivity contribution in [3.8, 4) is 0 Å². The number of hydrogen-bond donors (Lipinski definition) is 1. The maximum Gasteiger partial charge on any atom is 0.311 e. The predicted molar refractivity (Wildman–Crippen MR) is 69.0 cm³/mol. The van der Waals surface area contributed by atoms with Crippen molar-refractivity contribution in [2.75, 3.05) is 0 Å². The fraction of sp³-hybridized carbons (Fsp3) is 0.429. The van der Waals surface area contributed by atoms with Gasteiger partial charge in [0, 0.05) is 6.04 Å². The van der Waals surface area contributed by atoms with E-state index in [0.717, 1.165) is 5.56 Å². The third kappa shape index (κ3) is 4.99. The lowest BCUT2D eigenvalue weighted by atomic mass is 10.1. The Kier molecular flexibility index (Phi) is 5.36. The molecule has 1 unspecified atom stereocenters. The van der Waals surface area contributed by atoms with Crippen LogP contribution in [-0.2, 0) is 20.7 Å². The highest BCUT2D eigenvalue weighted by Crippen LogP contribution is 2.03. The summed E-state index contributed by atoms with van der Waals surface area (Å²) in [6, 6.07) is 9.33. The summed E-state index contributed by atoms with van der Waals surface area (Å²) in [5, 5.41) is 2.70. The van der Waals surface area contributed by atoms with Gasteiger partial charge in [-0.15, -0.1) is 0 Å². The smallest absolute Gasteiger partial charge is 0.311 e. The highest BCUT2D eigenvalue weighted by molar-refractivity contribution is 5.84. The lowest BCUT2D eigenvalue weighted by molar-refractivity contribution is -0.154. The third-order valence-corrected chi connectivity index (χ3v) is 2.30. The molecule has 1 amide bonds. The lowest BCUT2D eigenvalue weighted by Crippen LogP contribution is -2.39. The molecule has 1 atom stereocenters. The van der Waals surface area contributed by atoms with Gasteiger partial charge in [0.25, 0.3) is 5.91 Å². The van der Waals surface area contributed by atoms with Gasteiger partial charge < -0.3 is 10.1 Å². The van der Waals surface area contributed by atoms with Crippen molar-refractivity contribution < 1.29 is 14.3 Å². The lowest BCUT2D eigenvalue weighted by Gasteiger charge is -2.15. The van der Waals surface area contributed by atoms with E-state index in [1.54, 1.807) is 6.92 Å². The zero-order chi connectivity index (χ0) is 13.5. The Labute approximate surface area is 107 Å². The van der Waals surface area contributed by atoms with E-state index in [4.69, 9.17) is 4.74 Å². The average Bonchev–Trinajstić information content (AvgIpc) is 2.29. The van der Waals surface area contributed by atoms with Crippen molar-refractivity contribution in [1.29, 1.82) is 0 Å². The minimum Gasteiger partial charge on any atom is -0.452 e. The quantitative estimate of drug-likeness (QED) is 0.808. The van der Waals surface area contributed by atoms with Crippen LogP contribution in [0, 0.1) is 0 Å². The summed E-state index contributed by atoms with van der Waals surface area (Å²) >= 11 is 0. The molecular weight excluding hydrogens is 230 g/mol. The van der Waals surface area contributed by atoms with Crippen LogP contribution in [0.5, 0.6) is 0 Å². The molecule has 1 N–H and O–H groups in total. The molecule has 0 spiro atoms. The molecule has 0 saturated heterocycles. The number of carbonyl (C=O) groups is 2. The minimum atomic E-state index is -0.761. The molecule has 0 aliphatic carbocycles. The zero-order valence-electron chi connectivity index (χ0n) is 11.0. The molecule has 0 aliphatic rings. The molecule has 0 aliphatic heterocycles. The van der Waals surface area contributed by atoms with Crippen LogP contribution in [0.15, 0.2) is 30.3 Å². The molecule has 18 heavy (non-hydrogen) atoms. The first-order valence-electron chi connectivity index (χ1n) is 6.03.